The van der Waals surface area contributed by atoms with Crippen molar-refractivity contribution in [2.75, 3.05) is 21.3 Å². The van der Waals surface area contributed by atoms with Gasteiger partial charge in [-0.25, -0.2) is 9.59 Å². The zero-order chi connectivity index (χ0) is 20.9. The summed E-state index contributed by atoms with van der Waals surface area (Å²) < 4.78 is 10.7. The second kappa shape index (κ2) is 12.4. The zero-order valence-corrected chi connectivity index (χ0v) is 16.7. The summed E-state index contributed by atoms with van der Waals surface area (Å²) in [5, 5.41) is 18.8. The van der Waals surface area contributed by atoms with Gasteiger partial charge in [-0.3, -0.25) is 0 Å². The van der Waals surface area contributed by atoms with Crippen LogP contribution in [-0.4, -0.2) is 43.4 Å². The molecule has 0 atom stereocenters. The second-order valence-electron chi connectivity index (χ2n) is 5.27. The van der Waals surface area contributed by atoms with Gasteiger partial charge < -0.3 is 25.0 Å². The number of nitrogens with one attached hydrogen (secondary N) is 1. The molecule has 0 aliphatic heterocycles. The molecule has 0 saturated heterocycles. The number of aliphatic carboxylic acids is 2. The molecule has 0 heterocycles. The smallest absolute Gasteiger partial charge is 0.328 e. The van der Waals surface area contributed by atoms with Gasteiger partial charge in [0, 0.05) is 29.7 Å². The summed E-state index contributed by atoms with van der Waals surface area (Å²) in [6, 6.07) is 14.3. The number of hydrogen-bond acceptors (Lipinski definition) is 6. The number of benzene rings is 2. The number of hydrogen-bond donors (Lipinski definition) is 3. The van der Waals surface area contributed by atoms with Crippen molar-refractivity contribution in [3.8, 4) is 11.5 Å². The first-order chi connectivity index (χ1) is 13.4. The highest BCUT2D eigenvalue weighted by Gasteiger charge is 2.09. The van der Waals surface area contributed by atoms with E-state index in [9.17, 15) is 9.59 Å². The summed E-state index contributed by atoms with van der Waals surface area (Å²) in [4.78, 5) is 21.4. The summed E-state index contributed by atoms with van der Waals surface area (Å²) in [7, 11) is 5.29. The van der Waals surface area contributed by atoms with E-state index in [-0.39, 0.29) is 0 Å². The van der Waals surface area contributed by atoms with Crippen LogP contribution in [0.1, 0.15) is 5.56 Å². The van der Waals surface area contributed by atoms with Crippen LogP contribution < -0.4 is 14.8 Å². The lowest BCUT2D eigenvalue weighted by Crippen LogP contribution is -2.05. The molecule has 0 aliphatic rings. The summed E-state index contributed by atoms with van der Waals surface area (Å²) in [5.74, 6) is -0.886. The summed E-state index contributed by atoms with van der Waals surface area (Å²) in [6.07, 6.45) is 1.12. The SMILES string of the molecule is CNCc1ccccc1Sc1ccc(OC)cc1OC.O=C(O)/C=C\C(=O)O. The molecule has 8 heteroatoms. The molecular weight excluding hydrogens is 382 g/mol. The highest BCUT2D eigenvalue weighted by atomic mass is 32.2. The van der Waals surface area contributed by atoms with Crippen LogP contribution in [0, 0.1) is 0 Å². The minimum atomic E-state index is -1.26. The maximum absolute atomic E-state index is 9.55. The van der Waals surface area contributed by atoms with Crippen LogP contribution in [0.4, 0.5) is 0 Å². The lowest BCUT2D eigenvalue weighted by molar-refractivity contribution is -0.134. The van der Waals surface area contributed by atoms with E-state index >= 15 is 0 Å². The number of methoxy groups -OCH3 is 2. The molecular formula is C20H23NO6S. The van der Waals surface area contributed by atoms with Crippen LogP contribution in [0.5, 0.6) is 11.5 Å². The fourth-order valence-electron chi connectivity index (χ4n) is 2.06. The van der Waals surface area contributed by atoms with E-state index in [1.165, 1.54) is 10.5 Å². The van der Waals surface area contributed by atoms with E-state index in [2.05, 4.69) is 29.6 Å². The Labute approximate surface area is 168 Å². The van der Waals surface area contributed by atoms with Crippen LogP contribution in [0.25, 0.3) is 0 Å². The standard InChI is InChI=1S/C16H19NO2S.C4H4O4/c1-17-11-12-6-4-5-7-15(12)20-16-9-8-13(18-2)10-14(16)19-3;5-3(6)1-2-4(7)8/h4-10,17H,11H2,1-3H3;1-2H,(H,5,6)(H,7,8)/b;2-1-. The van der Waals surface area contributed by atoms with Crippen LogP contribution in [0.15, 0.2) is 64.4 Å². The van der Waals surface area contributed by atoms with Crippen LogP contribution in [-0.2, 0) is 16.1 Å². The van der Waals surface area contributed by atoms with Crippen molar-refractivity contribution < 1.29 is 29.3 Å². The predicted molar refractivity (Wildman–Crippen MR) is 107 cm³/mol. The van der Waals surface area contributed by atoms with Crippen LogP contribution >= 0.6 is 11.8 Å². The van der Waals surface area contributed by atoms with Gasteiger partial charge in [0.1, 0.15) is 11.5 Å². The topological polar surface area (TPSA) is 105 Å². The lowest BCUT2D eigenvalue weighted by atomic mass is 10.2. The van der Waals surface area contributed by atoms with Crippen LogP contribution in [0.3, 0.4) is 0 Å². The lowest BCUT2D eigenvalue weighted by Gasteiger charge is -2.12. The Balaban J connectivity index is 0.000000416. The Kier molecular flexibility index (Phi) is 10.2. The van der Waals surface area contributed by atoms with Crippen molar-refractivity contribution >= 4 is 23.7 Å². The molecule has 2 aromatic rings. The normalized spacial score (nSPS) is 10.1. The largest absolute Gasteiger partial charge is 0.497 e. The van der Waals surface area contributed by atoms with Gasteiger partial charge in [0.2, 0.25) is 0 Å². The fourth-order valence-corrected chi connectivity index (χ4v) is 3.09. The Hall–Kier alpha value is -2.97. The van der Waals surface area contributed by atoms with Crippen molar-refractivity contribution in [2.24, 2.45) is 0 Å². The quantitative estimate of drug-likeness (QED) is 0.575. The van der Waals surface area contributed by atoms with E-state index in [4.69, 9.17) is 19.7 Å². The third-order valence-electron chi connectivity index (χ3n) is 3.30. The molecule has 28 heavy (non-hydrogen) atoms. The molecule has 0 bridgehead atoms. The number of carbonyl (C=O) groups is 2. The Bertz CT molecular complexity index is 806. The summed E-state index contributed by atoms with van der Waals surface area (Å²) >= 11 is 1.70. The van der Waals surface area contributed by atoms with Gasteiger partial charge >= 0.3 is 11.9 Å². The molecule has 150 valence electrons. The van der Waals surface area contributed by atoms with Gasteiger partial charge in [-0.1, -0.05) is 30.0 Å². The molecule has 0 unspecified atom stereocenters. The third kappa shape index (κ3) is 8.15. The van der Waals surface area contributed by atoms with Crippen molar-refractivity contribution in [3.05, 3.63) is 60.2 Å². The Morgan fingerprint density at radius 3 is 2.18 bits per heavy atom. The predicted octanol–water partition coefficient (Wildman–Crippen LogP) is 3.29. The van der Waals surface area contributed by atoms with E-state index < -0.39 is 11.9 Å². The van der Waals surface area contributed by atoms with Gasteiger partial charge in [0.25, 0.3) is 0 Å². The molecule has 0 spiro atoms. The first kappa shape index (κ1) is 23.1. The highest BCUT2D eigenvalue weighted by molar-refractivity contribution is 7.99. The number of carboxylic acids is 2. The summed E-state index contributed by atoms with van der Waals surface area (Å²) in [5.41, 5.74) is 1.28. The van der Waals surface area contributed by atoms with Crippen molar-refractivity contribution in [1.82, 2.24) is 5.32 Å². The van der Waals surface area contributed by atoms with Gasteiger partial charge in [-0.05, 0) is 30.8 Å². The van der Waals surface area contributed by atoms with Crippen molar-refractivity contribution in [3.63, 3.8) is 0 Å². The maximum atomic E-state index is 9.55. The van der Waals surface area contributed by atoms with Crippen LogP contribution in [0.2, 0.25) is 0 Å². The molecule has 0 saturated carbocycles. The maximum Gasteiger partial charge on any atom is 0.328 e. The molecule has 0 aromatic heterocycles. The molecule has 0 radical (unpaired) electrons. The highest BCUT2D eigenvalue weighted by Crippen LogP contribution is 2.38. The number of ether oxygens (including phenoxy) is 2. The first-order valence-electron chi connectivity index (χ1n) is 8.17. The molecule has 2 rings (SSSR count). The monoisotopic (exact) mass is 405 g/mol. The minimum absolute atomic E-state index is 0.558. The van der Waals surface area contributed by atoms with Crippen molar-refractivity contribution in [2.45, 2.75) is 16.3 Å². The Morgan fingerprint density at radius 2 is 1.64 bits per heavy atom. The van der Waals surface area contributed by atoms with E-state index in [1.807, 2.05) is 25.2 Å². The third-order valence-corrected chi connectivity index (χ3v) is 4.47. The summed E-state index contributed by atoms with van der Waals surface area (Å²) in [6.45, 7) is 0.849. The van der Waals surface area contributed by atoms with E-state index in [1.54, 1.807) is 26.0 Å². The fraction of sp³-hybridized carbons (Fsp3) is 0.200. The van der Waals surface area contributed by atoms with Crippen molar-refractivity contribution in [1.29, 1.82) is 0 Å². The molecule has 0 amide bonds. The molecule has 0 aliphatic carbocycles. The Morgan fingerprint density at radius 1 is 1.00 bits per heavy atom. The molecule has 3 N–H and O–H groups in total. The first-order valence-corrected chi connectivity index (χ1v) is 8.99. The molecule has 0 fully saturated rings. The molecule has 2 aromatic carbocycles. The number of rotatable bonds is 8. The minimum Gasteiger partial charge on any atom is -0.497 e. The average Bonchev–Trinajstić information content (AvgIpc) is 2.69. The van der Waals surface area contributed by atoms with Gasteiger partial charge in [-0.15, -0.1) is 0 Å². The zero-order valence-electron chi connectivity index (χ0n) is 15.8. The van der Waals surface area contributed by atoms with E-state index in [0.29, 0.717) is 12.2 Å². The second-order valence-corrected chi connectivity index (χ2v) is 6.35. The van der Waals surface area contributed by atoms with Gasteiger partial charge in [0.05, 0.1) is 19.1 Å². The number of carboxylic acid groups (broad SMARTS) is 2. The van der Waals surface area contributed by atoms with Gasteiger partial charge in [0.15, 0.2) is 0 Å². The molecule has 7 nitrogen and oxygen atoms in total. The van der Waals surface area contributed by atoms with Gasteiger partial charge in [-0.2, -0.15) is 0 Å². The van der Waals surface area contributed by atoms with E-state index in [0.717, 1.165) is 22.9 Å². The average molecular weight is 405 g/mol.